The second kappa shape index (κ2) is 6.12. The highest BCUT2D eigenvalue weighted by molar-refractivity contribution is 5.91. The first kappa shape index (κ1) is 15.1. The van der Waals surface area contributed by atoms with E-state index in [2.05, 4.69) is 10.3 Å². The van der Waals surface area contributed by atoms with Gasteiger partial charge in [0.25, 0.3) is 0 Å². The number of oxazole rings is 1. The van der Waals surface area contributed by atoms with Crippen LogP contribution in [0.1, 0.15) is 23.1 Å². The van der Waals surface area contributed by atoms with Crippen LogP contribution in [0.2, 0.25) is 0 Å². The number of carbonyl (C=O) groups is 1. The lowest BCUT2D eigenvalue weighted by atomic mass is 10.1. The van der Waals surface area contributed by atoms with E-state index in [0.29, 0.717) is 23.9 Å². The van der Waals surface area contributed by atoms with Crippen molar-refractivity contribution in [2.45, 2.75) is 26.7 Å². The van der Waals surface area contributed by atoms with Gasteiger partial charge in [-0.15, -0.1) is 0 Å². The number of hydrogen-bond acceptors (Lipinski definition) is 3. The fourth-order valence-electron chi connectivity index (χ4n) is 2.58. The molecule has 0 atom stereocenters. The van der Waals surface area contributed by atoms with Crippen molar-refractivity contribution in [1.82, 2.24) is 4.98 Å². The lowest BCUT2D eigenvalue weighted by molar-refractivity contribution is -0.116. The smallest absolute Gasteiger partial charge is 0.408 e. The molecule has 2 aromatic carbocycles. The molecule has 2 N–H and O–H groups in total. The summed E-state index contributed by atoms with van der Waals surface area (Å²) in [7, 11) is 0. The van der Waals surface area contributed by atoms with Crippen LogP contribution in [0.5, 0.6) is 0 Å². The molecule has 23 heavy (non-hydrogen) atoms. The molecule has 0 spiro atoms. The molecule has 118 valence electrons. The van der Waals surface area contributed by atoms with E-state index in [1.54, 1.807) is 6.07 Å². The fraction of sp³-hybridized carbons (Fsp3) is 0.222. The van der Waals surface area contributed by atoms with Gasteiger partial charge in [0, 0.05) is 12.1 Å². The highest BCUT2D eigenvalue weighted by Crippen LogP contribution is 2.17. The predicted octanol–water partition coefficient (Wildman–Crippen LogP) is 3.31. The molecule has 3 aromatic rings. The Morgan fingerprint density at radius 2 is 2.00 bits per heavy atom. The Kier molecular flexibility index (Phi) is 4.02. The molecule has 0 radical (unpaired) electrons. The first-order valence-corrected chi connectivity index (χ1v) is 7.50. The zero-order valence-corrected chi connectivity index (χ0v) is 13.1. The van der Waals surface area contributed by atoms with Gasteiger partial charge in [0.15, 0.2) is 5.58 Å². The third-order valence-corrected chi connectivity index (χ3v) is 3.78. The SMILES string of the molecule is Cc1ccc(NC(=O)CCc2ccc3oc(=O)[nH]c3c2)c(C)c1. The highest BCUT2D eigenvalue weighted by Gasteiger charge is 2.07. The van der Waals surface area contributed by atoms with Gasteiger partial charge < -0.3 is 9.73 Å². The Bertz CT molecular complexity index is 921. The predicted molar refractivity (Wildman–Crippen MR) is 89.7 cm³/mol. The standard InChI is InChI=1S/C18H18N2O3/c1-11-3-6-14(12(2)9-11)19-17(21)8-5-13-4-7-16-15(10-13)20-18(22)23-16/h3-4,6-7,9-10H,5,8H2,1-2H3,(H,19,21)(H,20,22). The molecule has 0 saturated heterocycles. The third kappa shape index (κ3) is 3.51. The lowest BCUT2D eigenvalue weighted by Crippen LogP contribution is -2.13. The Hall–Kier alpha value is -2.82. The number of carbonyl (C=O) groups excluding carboxylic acids is 1. The molecule has 0 aliphatic carbocycles. The maximum atomic E-state index is 12.1. The van der Waals surface area contributed by atoms with Crippen molar-refractivity contribution in [3.05, 3.63) is 63.6 Å². The average molecular weight is 310 g/mol. The molecule has 3 rings (SSSR count). The third-order valence-electron chi connectivity index (χ3n) is 3.78. The summed E-state index contributed by atoms with van der Waals surface area (Å²) in [6, 6.07) is 11.4. The number of hydrogen-bond donors (Lipinski definition) is 2. The summed E-state index contributed by atoms with van der Waals surface area (Å²) in [6.45, 7) is 4.00. The minimum absolute atomic E-state index is 0.0299. The minimum atomic E-state index is -0.468. The summed E-state index contributed by atoms with van der Waals surface area (Å²) in [4.78, 5) is 25.9. The van der Waals surface area contributed by atoms with Gasteiger partial charge in [-0.25, -0.2) is 4.79 Å². The van der Waals surface area contributed by atoms with Crippen LogP contribution in [-0.4, -0.2) is 10.9 Å². The normalized spacial score (nSPS) is 10.9. The van der Waals surface area contributed by atoms with E-state index < -0.39 is 5.76 Å². The van der Waals surface area contributed by atoms with Crippen LogP contribution in [0.25, 0.3) is 11.1 Å². The summed E-state index contributed by atoms with van der Waals surface area (Å²) in [5.74, 6) is -0.498. The van der Waals surface area contributed by atoms with Crippen LogP contribution in [0, 0.1) is 13.8 Å². The molecular weight excluding hydrogens is 292 g/mol. The Morgan fingerprint density at radius 1 is 1.17 bits per heavy atom. The Morgan fingerprint density at radius 3 is 2.78 bits per heavy atom. The molecule has 1 amide bonds. The van der Waals surface area contributed by atoms with Gasteiger partial charge in [0.1, 0.15) is 0 Å². The van der Waals surface area contributed by atoms with Crippen molar-refractivity contribution >= 4 is 22.7 Å². The van der Waals surface area contributed by atoms with Gasteiger partial charge in [-0.1, -0.05) is 23.8 Å². The van der Waals surface area contributed by atoms with Crippen molar-refractivity contribution in [2.24, 2.45) is 0 Å². The molecule has 0 bridgehead atoms. The number of aromatic amines is 1. The van der Waals surface area contributed by atoms with Crippen LogP contribution >= 0.6 is 0 Å². The molecule has 0 saturated carbocycles. The molecule has 0 fully saturated rings. The number of aromatic nitrogens is 1. The van der Waals surface area contributed by atoms with Gasteiger partial charge >= 0.3 is 5.76 Å². The fourth-order valence-corrected chi connectivity index (χ4v) is 2.58. The van der Waals surface area contributed by atoms with Crippen LogP contribution in [0.3, 0.4) is 0 Å². The van der Waals surface area contributed by atoms with Crippen molar-refractivity contribution in [3.8, 4) is 0 Å². The maximum absolute atomic E-state index is 12.1. The average Bonchev–Trinajstić information content (AvgIpc) is 2.87. The van der Waals surface area contributed by atoms with Crippen LogP contribution in [-0.2, 0) is 11.2 Å². The number of nitrogens with one attached hydrogen (secondary N) is 2. The molecule has 0 aliphatic heterocycles. The number of benzene rings is 2. The van der Waals surface area contributed by atoms with Gasteiger partial charge in [-0.3, -0.25) is 9.78 Å². The summed E-state index contributed by atoms with van der Waals surface area (Å²) in [5.41, 5.74) is 5.22. The topological polar surface area (TPSA) is 75.1 Å². The number of amides is 1. The Balaban J connectivity index is 1.64. The van der Waals surface area contributed by atoms with E-state index >= 15 is 0 Å². The lowest BCUT2D eigenvalue weighted by Gasteiger charge is -2.09. The molecule has 5 nitrogen and oxygen atoms in total. The number of rotatable bonds is 4. The molecule has 0 aliphatic rings. The van der Waals surface area contributed by atoms with Crippen LogP contribution in [0.15, 0.2) is 45.6 Å². The number of H-pyrrole nitrogens is 1. The zero-order chi connectivity index (χ0) is 16.4. The number of aryl methyl sites for hydroxylation is 3. The molecular formula is C18H18N2O3. The van der Waals surface area contributed by atoms with Gasteiger partial charge in [-0.2, -0.15) is 0 Å². The van der Waals surface area contributed by atoms with Gasteiger partial charge in [0.2, 0.25) is 5.91 Å². The maximum Gasteiger partial charge on any atom is 0.417 e. The summed E-state index contributed by atoms with van der Waals surface area (Å²) < 4.78 is 4.96. The van der Waals surface area contributed by atoms with E-state index in [-0.39, 0.29) is 5.91 Å². The van der Waals surface area contributed by atoms with E-state index in [0.717, 1.165) is 16.8 Å². The van der Waals surface area contributed by atoms with Gasteiger partial charge in [0.05, 0.1) is 5.52 Å². The molecule has 1 aromatic heterocycles. The van der Waals surface area contributed by atoms with Crippen molar-refractivity contribution in [2.75, 3.05) is 5.32 Å². The number of fused-ring (bicyclic) bond motifs is 1. The van der Waals surface area contributed by atoms with Gasteiger partial charge in [-0.05, 0) is 49.6 Å². The first-order chi connectivity index (χ1) is 11.0. The second-order valence-electron chi connectivity index (χ2n) is 5.71. The van der Waals surface area contributed by atoms with Crippen LogP contribution < -0.4 is 11.1 Å². The number of anilines is 1. The first-order valence-electron chi connectivity index (χ1n) is 7.50. The molecule has 1 heterocycles. The quantitative estimate of drug-likeness (QED) is 0.776. The largest absolute Gasteiger partial charge is 0.417 e. The van der Waals surface area contributed by atoms with E-state index in [1.807, 2.05) is 44.2 Å². The van der Waals surface area contributed by atoms with Crippen molar-refractivity contribution in [3.63, 3.8) is 0 Å². The van der Waals surface area contributed by atoms with Crippen LogP contribution in [0.4, 0.5) is 5.69 Å². The van der Waals surface area contributed by atoms with E-state index in [1.165, 1.54) is 5.56 Å². The van der Waals surface area contributed by atoms with Crippen molar-refractivity contribution in [1.29, 1.82) is 0 Å². The minimum Gasteiger partial charge on any atom is -0.408 e. The second-order valence-corrected chi connectivity index (χ2v) is 5.71. The monoisotopic (exact) mass is 310 g/mol. The van der Waals surface area contributed by atoms with E-state index in [9.17, 15) is 9.59 Å². The summed E-state index contributed by atoms with van der Waals surface area (Å²) in [5, 5.41) is 2.93. The molecule has 0 unspecified atom stereocenters. The van der Waals surface area contributed by atoms with E-state index in [4.69, 9.17) is 4.42 Å². The highest BCUT2D eigenvalue weighted by atomic mass is 16.4. The zero-order valence-electron chi connectivity index (χ0n) is 13.1. The summed E-state index contributed by atoms with van der Waals surface area (Å²) in [6.07, 6.45) is 0.973. The molecule has 5 heteroatoms. The Labute approximate surface area is 133 Å². The van der Waals surface area contributed by atoms with Crippen molar-refractivity contribution < 1.29 is 9.21 Å². The summed E-state index contributed by atoms with van der Waals surface area (Å²) >= 11 is 0.